The Kier molecular flexibility index (Phi) is 4.65. The van der Waals surface area contributed by atoms with E-state index in [1.54, 1.807) is 15.9 Å². The zero-order chi connectivity index (χ0) is 18.0. The average Bonchev–Trinajstić information content (AvgIpc) is 3.16. The van der Waals surface area contributed by atoms with Gasteiger partial charge in [0.1, 0.15) is 12.7 Å². The van der Waals surface area contributed by atoms with Crippen LogP contribution in [0, 0.1) is 13.8 Å². The Morgan fingerprint density at radius 3 is 2.48 bits per heavy atom. The van der Waals surface area contributed by atoms with E-state index in [2.05, 4.69) is 10.1 Å². The number of hydrogen-bond donors (Lipinski definition) is 0. The molecule has 0 aliphatic heterocycles. The van der Waals surface area contributed by atoms with Gasteiger partial charge >= 0.3 is 0 Å². The molecule has 0 fully saturated rings. The SMILES string of the molecule is Cc1ccc(C)c(C(=O)N(C)[C@H](C)c2ccc(-n3cncn3)cc2)c1. The number of aromatic nitrogens is 3. The molecule has 0 radical (unpaired) electrons. The lowest BCUT2D eigenvalue weighted by Gasteiger charge is -2.26. The van der Waals surface area contributed by atoms with Crippen LogP contribution in [0.15, 0.2) is 55.1 Å². The molecular formula is C20H22N4O. The Bertz CT molecular complexity index is 869. The van der Waals surface area contributed by atoms with Crippen LogP contribution in [0.2, 0.25) is 0 Å². The molecule has 1 aromatic heterocycles. The zero-order valence-corrected chi connectivity index (χ0v) is 15.0. The van der Waals surface area contributed by atoms with Gasteiger partial charge < -0.3 is 4.90 Å². The van der Waals surface area contributed by atoms with E-state index >= 15 is 0 Å². The first kappa shape index (κ1) is 16.9. The fourth-order valence-electron chi connectivity index (χ4n) is 2.80. The van der Waals surface area contributed by atoms with Gasteiger partial charge in [-0.1, -0.05) is 29.8 Å². The molecule has 0 saturated heterocycles. The third kappa shape index (κ3) is 3.45. The number of benzene rings is 2. The van der Waals surface area contributed by atoms with Gasteiger partial charge in [-0.15, -0.1) is 0 Å². The highest BCUT2D eigenvalue weighted by Gasteiger charge is 2.20. The molecule has 0 unspecified atom stereocenters. The highest BCUT2D eigenvalue weighted by atomic mass is 16.2. The average molecular weight is 334 g/mol. The third-order valence-electron chi connectivity index (χ3n) is 4.58. The maximum atomic E-state index is 12.9. The molecule has 128 valence electrons. The Morgan fingerprint density at radius 1 is 1.12 bits per heavy atom. The van der Waals surface area contributed by atoms with Crippen molar-refractivity contribution in [1.82, 2.24) is 19.7 Å². The molecular weight excluding hydrogens is 312 g/mol. The summed E-state index contributed by atoms with van der Waals surface area (Å²) in [4.78, 5) is 18.6. The van der Waals surface area contributed by atoms with Gasteiger partial charge in [-0.25, -0.2) is 9.67 Å². The Hall–Kier alpha value is -2.95. The van der Waals surface area contributed by atoms with E-state index in [1.807, 2.05) is 70.3 Å². The molecule has 3 rings (SSSR count). The lowest BCUT2D eigenvalue weighted by Crippen LogP contribution is -2.30. The van der Waals surface area contributed by atoms with Crippen LogP contribution in [-0.4, -0.2) is 32.6 Å². The highest BCUT2D eigenvalue weighted by molar-refractivity contribution is 5.95. The van der Waals surface area contributed by atoms with Crippen LogP contribution in [0.3, 0.4) is 0 Å². The summed E-state index contributed by atoms with van der Waals surface area (Å²) < 4.78 is 1.71. The molecule has 0 aliphatic rings. The lowest BCUT2D eigenvalue weighted by molar-refractivity contribution is 0.0742. The van der Waals surface area contributed by atoms with Crippen molar-refractivity contribution >= 4 is 5.91 Å². The van der Waals surface area contributed by atoms with E-state index in [-0.39, 0.29) is 11.9 Å². The standard InChI is InChI=1S/C20H22N4O/c1-14-5-6-15(2)19(11-14)20(25)23(4)16(3)17-7-9-18(10-8-17)24-13-21-12-22-24/h5-13,16H,1-4H3/t16-/m1/s1. The summed E-state index contributed by atoms with van der Waals surface area (Å²) in [6.07, 6.45) is 3.17. The third-order valence-corrected chi connectivity index (χ3v) is 4.58. The first-order chi connectivity index (χ1) is 12.0. The van der Waals surface area contributed by atoms with Gasteiger partial charge in [0.2, 0.25) is 0 Å². The molecule has 0 bridgehead atoms. The highest BCUT2D eigenvalue weighted by Crippen LogP contribution is 2.23. The van der Waals surface area contributed by atoms with Gasteiger partial charge in [0.15, 0.2) is 0 Å². The second-order valence-corrected chi connectivity index (χ2v) is 6.34. The number of amides is 1. The topological polar surface area (TPSA) is 51.0 Å². The number of hydrogen-bond acceptors (Lipinski definition) is 3. The van der Waals surface area contributed by atoms with Crippen LogP contribution in [0.25, 0.3) is 5.69 Å². The molecule has 0 N–H and O–H groups in total. The molecule has 0 saturated carbocycles. The number of carbonyl (C=O) groups excluding carboxylic acids is 1. The summed E-state index contributed by atoms with van der Waals surface area (Å²) in [5.41, 5.74) is 4.86. The summed E-state index contributed by atoms with van der Waals surface area (Å²) in [6.45, 7) is 6.01. The predicted molar refractivity (Wildman–Crippen MR) is 97.8 cm³/mol. The molecule has 1 atom stereocenters. The molecule has 1 amide bonds. The van der Waals surface area contributed by atoms with E-state index in [4.69, 9.17) is 0 Å². The van der Waals surface area contributed by atoms with Crippen LogP contribution in [0.4, 0.5) is 0 Å². The van der Waals surface area contributed by atoms with Crippen molar-refractivity contribution in [3.8, 4) is 5.69 Å². The predicted octanol–water partition coefficient (Wildman–Crippen LogP) is 3.72. The van der Waals surface area contributed by atoms with Crippen molar-refractivity contribution in [2.24, 2.45) is 0 Å². The normalized spacial score (nSPS) is 12.0. The molecule has 0 spiro atoms. The first-order valence-electron chi connectivity index (χ1n) is 8.26. The summed E-state index contributed by atoms with van der Waals surface area (Å²) in [5, 5.41) is 4.12. The quantitative estimate of drug-likeness (QED) is 0.731. The molecule has 2 aromatic carbocycles. The summed E-state index contributed by atoms with van der Waals surface area (Å²) >= 11 is 0. The Labute approximate surface area is 147 Å². The molecule has 5 nitrogen and oxygen atoms in total. The fraction of sp³-hybridized carbons (Fsp3) is 0.250. The summed E-state index contributed by atoms with van der Waals surface area (Å²) in [7, 11) is 1.85. The first-order valence-corrected chi connectivity index (χ1v) is 8.26. The number of carbonyl (C=O) groups is 1. The van der Waals surface area contributed by atoms with Crippen LogP contribution in [0.1, 0.15) is 40.0 Å². The van der Waals surface area contributed by atoms with Crippen molar-refractivity contribution < 1.29 is 4.79 Å². The fourth-order valence-corrected chi connectivity index (χ4v) is 2.80. The number of aryl methyl sites for hydroxylation is 2. The Morgan fingerprint density at radius 2 is 1.84 bits per heavy atom. The van der Waals surface area contributed by atoms with Gasteiger partial charge in [-0.05, 0) is 50.1 Å². The summed E-state index contributed by atoms with van der Waals surface area (Å²) in [5.74, 6) is 0.0362. The maximum Gasteiger partial charge on any atom is 0.254 e. The summed E-state index contributed by atoms with van der Waals surface area (Å²) in [6, 6.07) is 14.0. The number of rotatable bonds is 4. The smallest absolute Gasteiger partial charge is 0.254 e. The second-order valence-electron chi connectivity index (χ2n) is 6.34. The zero-order valence-electron chi connectivity index (χ0n) is 15.0. The van der Waals surface area contributed by atoms with Crippen molar-refractivity contribution in [3.05, 3.63) is 77.4 Å². The molecule has 5 heteroatoms. The molecule has 3 aromatic rings. The van der Waals surface area contributed by atoms with Gasteiger partial charge in [-0.2, -0.15) is 5.10 Å². The van der Waals surface area contributed by atoms with Crippen LogP contribution in [-0.2, 0) is 0 Å². The van der Waals surface area contributed by atoms with E-state index in [9.17, 15) is 4.79 Å². The van der Waals surface area contributed by atoms with Crippen molar-refractivity contribution in [3.63, 3.8) is 0 Å². The number of nitrogens with zero attached hydrogens (tertiary/aromatic N) is 4. The molecule has 25 heavy (non-hydrogen) atoms. The van der Waals surface area contributed by atoms with Crippen LogP contribution in [0.5, 0.6) is 0 Å². The van der Waals surface area contributed by atoms with Gasteiger partial charge in [-0.3, -0.25) is 4.79 Å². The minimum absolute atomic E-state index is 0.0304. The van der Waals surface area contributed by atoms with Gasteiger partial charge in [0.25, 0.3) is 5.91 Å². The van der Waals surface area contributed by atoms with Crippen molar-refractivity contribution in [2.75, 3.05) is 7.05 Å². The van der Waals surface area contributed by atoms with Gasteiger partial charge in [0.05, 0.1) is 11.7 Å². The minimum Gasteiger partial charge on any atom is -0.335 e. The van der Waals surface area contributed by atoms with Crippen molar-refractivity contribution in [1.29, 1.82) is 0 Å². The van der Waals surface area contributed by atoms with Crippen LogP contribution >= 0.6 is 0 Å². The monoisotopic (exact) mass is 334 g/mol. The van der Waals surface area contributed by atoms with E-state index in [0.717, 1.165) is 27.9 Å². The van der Waals surface area contributed by atoms with E-state index < -0.39 is 0 Å². The maximum absolute atomic E-state index is 12.9. The van der Waals surface area contributed by atoms with Crippen molar-refractivity contribution in [2.45, 2.75) is 26.8 Å². The minimum atomic E-state index is -0.0304. The largest absolute Gasteiger partial charge is 0.335 e. The molecule has 1 heterocycles. The van der Waals surface area contributed by atoms with Gasteiger partial charge in [0, 0.05) is 12.6 Å². The molecule has 0 aliphatic carbocycles. The van der Waals surface area contributed by atoms with E-state index in [1.165, 1.54) is 6.33 Å². The van der Waals surface area contributed by atoms with Crippen LogP contribution < -0.4 is 0 Å². The lowest BCUT2D eigenvalue weighted by atomic mass is 10.0. The Balaban J connectivity index is 1.81. The second kappa shape index (κ2) is 6.89. The van der Waals surface area contributed by atoms with E-state index in [0.29, 0.717) is 0 Å².